The minimum absolute atomic E-state index is 0.0249. The van der Waals surface area contributed by atoms with E-state index in [1.807, 2.05) is 13.8 Å². The van der Waals surface area contributed by atoms with Crippen molar-refractivity contribution in [1.29, 1.82) is 0 Å². The van der Waals surface area contributed by atoms with Gasteiger partial charge in [-0.25, -0.2) is 0 Å². The van der Waals surface area contributed by atoms with E-state index in [9.17, 15) is 9.59 Å². The van der Waals surface area contributed by atoms with Crippen LogP contribution in [-0.2, 0) is 13.0 Å². The second-order valence-electron chi connectivity index (χ2n) is 6.94. The minimum Gasteiger partial charge on any atom is -0.355 e. The van der Waals surface area contributed by atoms with Crippen LogP contribution in [0.4, 0.5) is 0 Å². The maximum Gasteiger partial charge on any atom is 0.193 e. The molecule has 0 aromatic carbocycles. The fourth-order valence-electron chi connectivity index (χ4n) is 3.76. The minimum atomic E-state index is 0.0249. The number of piperazine rings is 1. The molecule has 0 amide bonds. The van der Waals surface area contributed by atoms with Gasteiger partial charge in [0.15, 0.2) is 11.6 Å². The Kier molecular flexibility index (Phi) is 6.06. The Bertz CT molecular complexity index is 771. The number of hydrogen-bond donors (Lipinski definition) is 1. The van der Waals surface area contributed by atoms with Crippen LogP contribution in [0, 0.1) is 6.92 Å². The zero-order valence-corrected chi connectivity index (χ0v) is 16.6. The summed E-state index contributed by atoms with van der Waals surface area (Å²) in [7, 11) is 0. The monoisotopic (exact) mass is 373 g/mol. The number of nitrogens with one attached hydrogen (secondary N) is 1. The van der Waals surface area contributed by atoms with Crippen molar-refractivity contribution in [2.75, 3.05) is 32.7 Å². The number of carbonyl (C=O) groups is 2. The molecule has 140 valence electrons. The van der Waals surface area contributed by atoms with Crippen LogP contribution in [0.5, 0.6) is 0 Å². The molecule has 1 saturated heterocycles. The zero-order chi connectivity index (χ0) is 18.7. The topological polar surface area (TPSA) is 56.4 Å². The number of aryl methyl sites for hydroxylation is 1. The lowest BCUT2D eigenvalue weighted by Crippen LogP contribution is -2.47. The molecule has 0 aliphatic carbocycles. The average Bonchev–Trinajstić information content (AvgIpc) is 3.23. The number of nitrogens with zero attached hydrogens (tertiary/aromatic N) is 2. The van der Waals surface area contributed by atoms with Crippen LogP contribution in [0.25, 0.3) is 0 Å². The number of aromatic amines is 1. The highest BCUT2D eigenvalue weighted by atomic mass is 32.1. The molecule has 0 bridgehead atoms. The molecule has 1 aliphatic rings. The summed E-state index contributed by atoms with van der Waals surface area (Å²) in [4.78, 5) is 33.9. The summed E-state index contributed by atoms with van der Waals surface area (Å²) in [5.41, 5.74) is 2.99. The summed E-state index contributed by atoms with van der Waals surface area (Å²) < 4.78 is 0. The summed E-state index contributed by atoms with van der Waals surface area (Å²) in [6, 6.07) is 4.26. The Hall–Kier alpha value is -1.76. The molecule has 3 heterocycles. The van der Waals surface area contributed by atoms with Gasteiger partial charge in [-0.1, -0.05) is 13.0 Å². The van der Waals surface area contributed by atoms with Gasteiger partial charge in [-0.05, 0) is 37.3 Å². The molecule has 2 aromatic heterocycles. The zero-order valence-electron chi connectivity index (χ0n) is 15.8. The van der Waals surface area contributed by atoms with E-state index in [2.05, 4.69) is 32.3 Å². The Morgan fingerprint density at radius 1 is 1.19 bits per heavy atom. The van der Waals surface area contributed by atoms with Crippen LogP contribution in [0.15, 0.2) is 17.5 Å². The number of rotatable bonds is 7. The first-order valence-corrected chi connectivity index (χ1v) is 10.1. The Balaban J connectivity index is 1.59. The summed E-state index contributed by atoms with van der Waals surface area (Å²) in [5, 5.41) is 2.11. The molecule has 0 spiro atoms. The van der Waals surface area contributed by atoms with E-state index < -0.39 is 0 Å². The van der Waals surface area contributed by atoms with Crippen LogP contribution in [0.1, 0.15) is 50.8 Å². The lowest BCUT2D eigenvalue weighted by atomic mass is 10.0. The molecule has 26 heavy (non-hydrogen) atoms. The van der Waals surface area contributed by atoms with Crippen LogP contribution in [-0.4, -0.2) is 59.1 Å². The highest BCUT2D eigenvalue weighted by molar-refractivity contribution is 7.09. The molecule has 0 radical (unpaired) electrons. The highest BCUT2D eigenvalue weighted by Crippen LogP contribution is 2.21. The molecule has 0 unspecified atom stereocenters. The van der Waals surface area contributed by atoms with E-state index in [4.69, 9.17) is 0 Å². The molecule has 0 atom stereocenters. The number of thiophene rings is 1. The van der Waals surface area contributed by atoms with Crippen molar-refractivity contribution in [3.63, 3.8) is 0 Å². The molecule has 1 N–H and O–H groups in total. The Morgan fingerprint density at radius 2 is 1.88 bits per heavy atom. The molecule has 1 fully saturated rings. The van der Waals surface area contributed by atoms with Crippen molar-refractivity contribution in [2.24, 2.45) is 0 Å². The van der Waals surface area contributed by atoms with Gasteiger partial charge in [0.05, 0.1) is 12.2 Å². The van der Waals surface area contributed by atoms with Gasteiger partial charge in [-0.2, -0.15) is 0 Å². The third-order valence-electron chi connectivity index (χ3n) is 5.07. The Labute approximate surface area is 159 Å². The van der Waals surface area contributed by atoms with Gasteiger partial charge in [0.2, 0.25) is 0 Å². The predicted octanol–water partition coefficient (Wildman–Crippen LogP) is 3.15. The second kappa shape index (κ2) is 8.29. The van der Waals surface area contributed by atoms with E-state index >= 15 is 0 Å². The molecule has 3 rings (SSSR count). The van der Waals surface area contributed by atoms with E-state index in [-0.39, 0.29) is 11.6 Å². The lowest BCUT2D eigenvalue weighted by molar-refractivity contribution is 0.0840. The number of ketones is 2. The van der Waals surface area contributed by atoms with Crippen LogP contribution < -0.4 is 0 Å². The molecule has 2 aromatic rings. The third-order valence-corrected chi connectivity index (χ3v) is 5.93. The standard InChI is InChI=1S/C20H27N3O2S/c1-4-17-19(15(3)24)14(2)21-20(17)18(25)13-23-9-7-22(8-10-23)12-16-6-5-11-26-16/h5-6,11,21H,4,7-10,12-13H2,1-3H3. The fraction of sp³-hybridized carbons (Fsp3) is 0.500. The first-order valence-electron chi connectivity index (χ1n) is 9.22. The van der Waals surface area contributed by atoms with Crippen molar-refractivity contribution >= 4 is 22.9 Å². The van der Waals surface area contributed by atoms with Crippen molar-refractivity contribution in [1.82, 2.24) is 14.8 Å². The van der Waals surface area contributed by atoms with Crippen molar-refractivity contribution < 1.29 is 9.59 Å². The van der Waals surface area contributed by atoms with Crippen molar-refractivity contribution in [2.45, 2.75) is 33.7 Å². The molecular formula is C20H27N3O2S. The number of aromatic nitrogens is 1. The van der Waals surface area contributed by atoms with E-state index in [1.54, 1.807) is 18.3 Å². The van der Waals surface area contributed by atoms with Crippen LogP contribution >= 0.6 is 11.3 Å². The van der Waals surface area contributed by atoms with Gasteiger partial charge >= 0.3 is 0 Å². The van der Waals surface area contributed by atoms with E-state index in [0.29, 0.717) is 24.2 Å². The van der Waals surface area contributed by atoms with Gasteiger partial charge in [0.25, 0.3) is 0 Å². The number of carbonyl (C=O) groups excluding carboxylic acids is 2. The van der Waals surface area contributed by atoms with Crippen molar-refractivity contribution in [3.05, 3.63) is 44.9 Å². The fourth-order valence-corrected chi connectivity index (χ4v) is 4.50. The summed E-state index contributed by atoms with van der Waals surface area (Å²) in [5.74, 6) is 0.112. The summed E-state index contributed by atoms with van der Waals surface area (Å²) in [6.45, 7) is 10.6. The summed E-state index contributed by atoms with van der Waals surface area (Å²) >= 11 is 1.79. The molecule has 0 saturated carbocycles. The predicted molar refractivity (Wildman–Crippen MR) is 105 cm³/mol. The largest absolute Gasteiger partial charge is 0.355 e. The van der Waals surface area contributed by atoms with Gasteiger partial charge in [-0.3, -0.25) is 19.4 Å². The number of hydrogen-bond acceptors (Lipinski definition) is 5. The first kappa shape index (κ1) is 19.0. The normalized spacial score (nSPS) is 16.1. The second-order valence-corrected chi connectivity index (χ2v) is 7.98. The van der Waals surface area contributed by atoms with Crippen molar-refractivity contribution in [3.8, 4) is 0 Å². The van der Waals surface area contributed by atoms with E-state index in [0.717, 1.165) is 44.0 Å². The lowest BCUT2D eigenvalue weighted by Gasteiger charge is -2.34. The number of H-pyrrole nitrogens is 1. The first-order chi connectivity index (χ1) is 12.5. The quantitative estimate of drug-likeness (QED) is 0.758. The Morgan fingerprint density at radius 3 is 2.46 bits per heavy atom. The molecule has 5 nitrogen and oxygen atoms in total. The maximum absolute atomic E-state index is 12.8. The smallest absolute Gasteiger partial charge is 0.193 e. The molecule has 1 aliphatic heterocycles. The third kappa shape index (κ3) is 4.14. The van der Waals surface area contributed by atoms with Gasteiger partial charge in [-0.15, -0.1) is 11.3 Å². The van der Waals surface area contributed by atoms with Crippen LogP contribution in [0.2, 0.25) is 0 Å². The summed E-state index contributed by atoms with van der Waals surface area (Å²) in [6.07, 6.45) is 0.689. The maximum atomic E-state index is 12.8. The molecular weight excluding hydrogens is 346 g/mol. The van der Waals surface area contributed by atoms with Gasteiger partial charge < -0.3 is 4.98 Å². The van der Waals surface area contributed by atoms with Gasteiger partial charge in [0, 0.05) is 48.9 Å². The van der Waals surface area contributed by atoms with E-state index in [1.165, 1.54) is 4.88 Å². The average molecular weight is 374 g/mol. The van der Waals surface area contributed by atoms with Crippen LogP contribution in [0.3, 0.4) is 0 Å². The number of Topliss-reactive ketones (excluding diaryl/α,β-unsaturated/α-hetero) is 2. The SMILES string of the molecule is CCc1c(C(=O)CN2CCN(Cc3cccs3)CC2)[nH]c(C)c1C(C)=O. The highest BCUT2D eigenvalue weighted by Gasteiger charge is 2.24. The van der Waals surface area contributed by atoms with Gasteiger partial charge in [0.1, 0.15) is 0 Å². The molecule has 6 heteroatoms.